The molecule has 0 N–H and O–H groups in total. The van der Waals surface area contributed by atoms with Gasteiger partial charge in [0.05, 0.1) is 12.2 Å². The van der Waals surface area contributed by atoms with E-state index in [4.69, 9.17) is 0 Å². The smallest absolute Gasteiger partial charge is 0.246 e. The van der Waals surface area contributed by atoms with Crippen molar-refractivity contribution in [3.05, 3.63) is 48.3 Å². The highest BCUT2D eigenvalue weighted by Gasteiger charge is 2.36. The van der Waals surface area contributed by atoms with E-state index in [1.165, 1.54) is 6.20 Å². The fourth-order valence-electron chi connectivity index (χ4n) is 3.01. The molecule has 3 rings (SSSR count). The fraction of sp³-hybridized carbons (Fsp3) is 0.471. The van der Waals surface area contributed by atoms with Gasteiger partial charge in [-0.15, -0.1) is 0 Å². The first-order chi connectivity index (χ1) is 11.4. The second-order valence-corrected chi connectivity index (χ2v) is 8.44. The number of sulfonamides is 1. The minimum Gasteiger partial charge on any atom is -0.303 e. The molecule has 0 bridgehead atoms. The molecule has 1 fully saturated rings. The van der Waals surface area contributed by atoms with Gasteiger partial charge in [-0.25, -0.2) is 8.42 Å². The number of hydrogen-bond donors (Lipinski definition) is 0. The summed E-state index contributed by atoms with van der Waals surface area (Å²) < 4.78 is 29.6. The summed E-state index contributed by atoms with van der Waals surface area (Å²) >= 11 is 0. The molecule has 2 aromatic rings. The van der Waals surface area contributed by atoms with Gasteiger partial charge >= 0.3 is 0 Å². The van der Waals surface area contributed by atoms with Gasteiger partial charge in [-0.1, -0.05) is 30.3 Å². The Bertz CT molecular complexity index is 786. The molecule has 0 spiro atoms. The molecule has 24 heavy (non-hydrogen) atoms. The molecule has 1 saturated heterocycles. The summed E-state index contributed by atoms with van der Waals surface area (Å²) in [4.78, 5) is 2.43. The van der Waals surface area contributed by atoms with Crippen LogP contribution in [0.4, 0.5) is 0 Å². The van der Waals surface area contributed by atoms with Crippen LogP contribution in [-0.2, 0) is 10.0 Å². The maximum atomic E-state index is 13.2. The van der Waals surface area contributed by atoms with Gasteiger partial charge in [0.25, 0.3) is 0 Å². The van der Waals surface area contributed by atoms with Gasteiger partial charge in [0, 0.05) is 31.9 Å². The lowest BCUT2D eigenvalue weighted by Crippen LogP contribution is -2.49. The van der Waals surface area contributed by atoms with E-state index in [-0.39, 0.29) is 17.0 Å². The summed E-state index contributed by atoms with van der Waals surface area (Å²) in [5.41, 5.74) is 1.02. The van der Waals surface area contributed by atoms with Gasteiger partial charge in [0.1, 0.15) is 4.90 Å². The first-order valence-corrected chi connectivity index (χ1v) is 9.63. The van der Waals surface area contributed by atoms with E-state index in [2.05, 4.69) is 10.00 Å². The largest absolute Gasteiger partial charge is 0.303 e. The first kappa shape index (κ1) is 17.1. The van der Waals surface area contributed by atoms with Crippen molar-refractivity contribution < 1.29 is 8.42 Å². The van der Waals surface area contributed by atoms with Crippen molar-refractivity contribution in [2.45, 2.75) is 30.8 Å². The molecular weight excluding hydrogens is 324 g/mol. The van der Waals surface area contributed by atoms with Crippen LogP contribution in [0.2, 0.25) is 0 Å². The van der Waals surface area contributed by atoms with Gasteiger partial charge in [-0.3, -0.25) is 4.68 Å². The number of hydrogen-bond acceptors (Lipinski definition) is 4. The van der Waals surface area contributed by atoms with E-state index in [0.717, 1.165) is 12.1 Å². The molecule has 0 radical (unpaired) electrons. The Labute approximate surface area is 143 Å². The lowest BCUT2D eigenvalue weighted by atomic mass is 10.1. The highest BCUT2D eigenvalue weighted by molar-refractivity contribution is 7.89. The number of piperazine rings is 1. The van der Waals surface area contributed by atoms with Crippen molar-refractivity contribution in [2.75, 3.05) is 26.7 Å². The van der Waals surface area contributed by atoms with E-state index in [1.807, 2.05) is 51.2 Å². The van der Waals surface area contributed by atoms with Crippen molar-refractivity contribution in [1.82, 2.24) is 19.0 Å². The normalized spacial score (nSPS) is 20.6. The Morgan fingerprint density at radius 1 is 1.17 bits per heavy atom. The Kier molecular flexibility index (Phi) is 4.76. The van der Waals surface area contributed by atoms with Gasteiger partial charge in [-0.05, 0) is 26.5 Å². The lowest BCUT2D eigenvalue weighted by Gasteiger charge is -2.39. The summed E-state index contributed by atoms with van der Waals surface area (Å²) in [6.45, 7) is 5.84. The number of nitrogens with zero attached hydrogens (tertiary/aromatic N) is 4. The highest BCUT2D eigenvalue weighted by atomic mass is 32.2. The van der Waals surface area contributed by atoms with Crippen molar-refractivity contribution in [1.29, 1.82) is 0 Å². The molecule has 1 aromatic carbocycles. The van der Waals surface area contributed by atoms with Gasteiger partial charge in [0.15, 0.2) is 0 Å². The third-order valence-electron chi connectivity index (χ3n) is 4.43. The molecule has 1 aliphatic rings. The summed E-state index contributed by atoms with van der Waals surface area (Å²) in [6, 6.07) is 9.77. The van der Waals surface area contributed by atoms with E-state index in [1.54, 1.807) is 15.2 Å². The van der Waals surface area contributed by atoms with Gasteiger partial charge < -0.3 is 4.90 Å². The number of rotatable bonds is 4. The molecule has 0 saturated carbocycles. The molecule has 1 aliphatic heterocycles. The van der Waals surface area contributed by atoms with E-state index < -0.39 is 10.0 Å². The lowest BCUT2D eigenvalue weighted by molar-refractivity contribution is 0.160. The van der Waals surface area contributed by atoms with Crippen LogP contribution in [0.3, 0.4) is 0 Å². The predicted molar refractivity (Wildman–Crippen MR) is 93.2 cm³/mol. The van der Waals surface area contributed by atoms with Crippen LogP contribution in [0.25, 0.3) is 0 Å². The van der Waals surface area contributed by atoms with Gasteiger partial charge in [0.2, 0.25) is 10.0 Å². The van der Waals surface area contributed by atoms with Crippen molar-refractivity contribution >= 4 is 10.0 Å². The maximum absolute atomic E-state index is 13.2. The molecule has 2 heterocycles. The minimum atomic E-state index is -3.57. The number of benzene rings is 1. The fourth-order valence-corrected chi connectivity index (χ4v) is 4.55. The average Bonchev–Trinajstić information content (AvgIpc) is 3.06. The molecule has 7 heteroatoms. The average molecular weight is 348 g/mol. The van der Waals surface area contributed by atoms with Crippen LogP contribution >= 0.6 is 0 Å². The second kappa shape index (κ2) is 6.66. The highest BCUT2D eigenvalue weighted by Crippen LogP contribution is 2.30. The predicted octanol–water partition coefficient (Wildman–Crippen LogP) is 2.14. The van der Waals surface area contributed by atoms with Crippen LogP contribution in [-0.4, -0.2) is 54.1 Å². The molecule has 1 aromatic heterocycles. The van der Waals surface area contributed by atoms with Crippen molar-refractivity contribution in [3.8, 4) is 0 Å². The summed E-state index contributed by atoms with van der Waals surface area (Å²) in [7, 11) is -1.55. The summed E-state index contributed by atoms with van der Waals surface area (Å²) in [5.74, 6) is 0. The molecule has 0 aliphatic carbocycles. The zero-order chi connectivity index (χ0) is 17.3. The topological polar surface area (TPSA) is 58.4 Å². The summed E-state index contributed by atoms with van der Waals surface area (Å²) in [5, 5.41) is 4.19. The van der Waals surface area contributed by atoms with Gasteiger partial charge in [-0.2, -0.15) is 9.40 Å². The zero-order valence-electron chi connectivity index (χ0n) is 14.3. The standard InChI is InChI=1S/C17H24N4O2S/c1-14(2)20-12-16(11-18-20)24(22,23)21-10-9-19(3)13-17(21)15-7-5-4-6-8-15/h4-8,11-12,14,17H,9-10,13H2,1-3H3. The maximum Gasteiger partial charge on any atom is 0.246 e. The monoisotopic (exact) mass is 348 g/mol. The number of likely N-dealkylation sites (N-methyl/N-ethyl adjacent to an activating group) is 1. The molecule has 6 nitrogen and oxygen atoms in total. The van der Waals surface area contributed by atoms with Crippen LogP contribution < -0.4 is 0 Å². The Morgan fingerprint density at radius 2 is 1.88 bits per heavy atom. The molecule has 130 valence electrons. The minimum absolute atomic E-state index is 0.131. The second-order valence-electron chi connectivity index (χ2n) is 6.55. The van der Waals surface area contributed by atoms with E-state index in [9.17, 15) is 8.42 Å². The van der Waals surface area contributed by atoms with Crippen LogP contribution in [0.1, 0.15) is 31.5 Å². The van der Waals surface area contributed by atoms with Crippen LogP contribution in [0, 0.1) is 0 Å². The molecular formula is C17H24N4O2S. The summed E-state index contributed by atoms with van der Waals surface area (Å²) in [6.07, 6.45) is 3.08. The van der Waals surface area contributed by atoms with Crippen molar-refractivity contribution in [3.63, 3.8) is 0 Å². The Hall–Kier alpha value is -1.70. The van der Waals surface area contributed by atoms with E-state index >= 15 is 0 Å². The third kappa shape index (κ3) is 3.24. The number of aromatic nitrogens is 2. The van der Waals surface area contributed by atoms with E-state index in [0.29, 0.717) is 13.1 Å². The third-order valence-corrected chi connectivity index (χ3v) is 6.29. The Balaban J connectivity index is 1.97. The quantitative estimate of drug-likeness (QED) is 0.849. The van der Waals surface area contributed by atoms with Crippen LogP contribution in [0.5, 0.6) is 0 Å². The zero-order valence-corrected chi connectivity index (χ0v) is 15.1. The SMILES string of the molecule is CC(C)n1cc(S(=O)(=O)N2CCN(C)CC2c2ccccc2)cn1. The Morgan fingerprint density at radius 3 is 2.50 bits per heavy atom. The van der Waals surface area contributed by atoms with Crippen LogP contribution in [0.15, 0.2) is 47.6 Å². The molecule has 0 amide bonds. The first-order valence-electron chi connectivity index (χ1n) is 8.19. The molecule has 1 unspecified atom stereocenters. The molecule has 1 atom stereocenters. The van der Waals surface area contributed by atoms with Crippen molar-refractivity contribution in [2.24, 2.45) is 0 Å².